The van der Waals surface area contributed by atoms with Crippen LogP contribution in [0.4, 0.5) is 34.1 Å². The third-order valence-corrected chi connectivity index (χ3v) is 12.4. The molecule has 8 rings (SSSR count). The van der Waals surface area contributed by atoms with Crippen LogP contribution in [0.5, 0.6) is 0 Å². The summed E-state index contributed by atoms with van der Waals surface area (Å²) >= 11 is 0. The van der Waals surface area contributed by atoms with E-state index in [0.717, 1.165) is 58.0 Å². The molecule has 0 fully saturated rings. The zero-order valence-electron chi connectivity index (χ0n) is 36.5. The molecule has 0 spiro atoms. The predicted octanol–water partition coefficient (Wildman–Crippen LogP) is 14.4. The van der Waals surface area contributed by atoms with Crippen molar-refractivity contribution in [3.63, 3.8) is 0 Å². The number of para-hydroxylation sites is 1. The van der Waals surface area contributed by atoms with Gasteiger partial charge in [-0.3, -0.25) is 0 Å². The molecule has 6 aromatic carbocycles. The van der Waals surface area contributed by atoms with Crippen molar-refractivity contribution in [3.8, 4) is 16.8 Å². The van der Waals surface area contributed by atoms with Gasteiger partial charge in [-0.15, -0.1) is 9.24 Å². The Balaban J connectivity index is 1.51. The predicted molar refractivity (Wildman–Crippen MR) is 261 cm³/mol. The van der Waals surface area contributed by atoms with E-state index in [0.29, 0.717) is 0 Å². The molecule has 0 amide bonds. The number of fused-ring (bicyclic) bond motifs is 3. The molecule has 7 aromatic rings. The minimum atomic E-state index is -0.0478. The van der Waals surface area contributed by atoms with Crippen LogP contribution >= 0.6 is 9.24 Å². The molecule has 1 heterocycles. The highest BCUT2D eigenvalue weighted by Gasteiger charge is 2.28. The Bertz CT molecular complexity index is 2790. The maximum Gasteiger partial charge on any atom is 0.0537 e. The summed E-state index contributed by atoms with van der Waals surface area (Å²) in [5.41, 5.74) is 27.7. The normalized spacial score (nSPS) is 12.9. The van der Waals surface area contributed by atoms with Gasteiger partial charge < -0.3 is 20.5 Å². The molecule has 0 saturated carbocycles. The number of nitrogens with one attached hydrogen (secondary N) is 1. The maximum atomic E-state index is 6.64. The quantitative estimate of drug-likeness (QED) is 0.125. The lowest BCUT2D eigenvalue weighted by molar-refractivity contribution is 0.586. The van der Waals surface area contributed by atoms with Crippen molar-refractivity contribution in [1.82, 2.24) is 4.57 Å². The van der Waals surface area contributed by atoms with Gasteiger partial charge in [0.2, 0.25) is 0 Å². The number of nitrogens with zero attached hydrogens (tertiary/aromatic N) is 2. The van der Waals surface area contributed by atoms with Gasteiger partial charge in [-0.25, -0.2) is 0 Å². The van der Waals surface area contributed by atoms with E-state index in [1.54, 1.807) is 0 Å². The summed E-state index contributed by atoms with van der Waals surface area (Å²) in [6.45, 7) is 22.9. The molecular formula is C54H59N4P. The number of aromatic nitrogens is 1. The van der Waals surface area contributed by atoms with Crippen LogP contribution in [0.1, 0.15) is 92.6 Å². The lowest BCUT2D eigenvalue weighted by Crippen LogP contribution is -2.18. The fourth-order valence-corrected chi connectivity index (χ4v) is 9.66. The molecule has 1 aromatic heterocycles. The van der Waals surface area contributed by atoms with Crippen LogP contribution in [0.25, 0.3) is 33.8 Å². The van der Waals surface area contributed by atoms with Crippen LogP contribution in [0.3, 0.4) is 0 Å². The summed E-state index contributed by atoms with van der Waals surface area (Å²) in [7, 11) is 2.85. The van der Waals surface area contributed by atoms with Crippen LogP contribution in [0.15, 0.2) is 115 Å². The number of allylic oxidation sites excluding steroid dienone is 1. The van der Waals surface area contributed by atoms with Crippen molar-refractivity contribution < 1.29 is 0 Å². The van der Waals surface area contributed by atoms with Crippen molar-refractivity contribution in [2.24, 2.45) is 0 Å². The molecule has 1 unspecified atom stereocenters. The summed E-state index contributed by atoms with van der Waals surface area (Å²) in [6, 6.07) is 40.3. The second-order valence-electron chi connectivity index (χ2n) is 18.6. The Hall–Kier alpha value is -5.57. The van der Waals surface area contributed by atoms with Crippen molar-refractivity contribution >= 4 is 65.6 Å². The lowest BCUT2D eigenvalue weighted by atomic mass is 9.81. The molecule has 4 nitrogen and oxygen atoms in total. The largest absolute Gasteiger partial charge is 0.399 e. The standard InChI is InChI=1S/C54H59N4P/c1-33-25-35(3)51(32-47(33)54(8,9)10)57(39-19-15-17-37(55)27-39)52-30-40(58-49-23-13-11-21-42(49)43-22-12-14-24-50(43)58)29-44(36(52)4)45-26-34(2)46(53(5,6)7)31-48(45)56-38-18-16-20-41(59)28-38/h11-13,15-23,25-32,56H,14,24,55,59H2,1-10H3. The van der Waals surface area contributed by atoms with E-state index >= 15 is 0 Å². The number of rotatable bonds is 7. The summed E-state index contributed by atoms with van der Waals surface area (Å²) < 4.78 is 2.53. The van der Waals surface area contributed by atoms with Crippen molar-refractivity contribution in [2.45, 2.75) is 92.9 Å². The minimum absolute atomic E-state index is 0.0437. The van der Waals surface area contributed by atoms with Gasteiger partial charge in [-0.1, -0.05) is 96.2 Å². The molecular weight excluding hydrogens is 736 g/mol. The highest BCUT2D eigenvalue weighted by Crippen LogP contribution is 2.48. The summed E-state index contributed by atoms with van der Waals surface area (Å²) in [6.07, 6.45) is 6.63. The lowest BCUT2D eigenvalue weighted by Gasteiger charge is -2.33. The van der Waals surface area contributed by atoms with Gasteiger partial charge in [-0.2, -0.15) is 0 Å². The minimum Gasteiger partial charge on any atom is -0.399 e. The third-order valence-electron chi connectivity index (χ3n) is 12.1. The zero-order valence-corrected chi connectivity index (χ0v) is 37.7. The Labute approximate surface area is 354 Å². The first-order chi connectivity index (χ1) is 28.0. The molecule has 0 radical (unpaired) electrons. The third kappa shape index (κ3) is 7.60. The summed E-state index contributed by atoms with van der Waals surface area (Å²) in [4.78, 5) is 2.46. The first-order valence-corrected chi connectivity index (χ1v) is 21.6. The molecule has 1 aliphatic carbocycles. The average molecular weight is 795 g/mol. The Morgan fingerprint density at radius 1 is 0.678 bits per heavy atom. The topological polar surface area (TPSA) is 46.2 Å². The number of benzene rings is 6. The molecule has 3 N–H and O–H groups in total. The van der Waals surface area contributed by atoms with Gasteiger partial charge in [0.1, 0.15) is 0 Å². The molecule has 300 valence electrons. The van der Waals surface area contributed by atoms with Crippen molar-refractivity contribution in [1.29, 1.82) is 0 Å². The van der Waals surface area contributed by atoms with Gasteiger partial charge >= 0.3 is 0 Å². The van der Waals surface area contributed by atoms with E-state index in [1.165, 1.54) is 66.7 Å². The monoisotopic (exact) mass is 794 g/mol. The first kappa shape index (κ1) is 40.2. The number of anilines is 6. The van der Waals surface area contributed by atoms with E-state index < -0.39 is 0 Å². The highest BCUT2D eigenvalue weighted by molar-refractivity contribution is 7.27. The van der Waals surface area contributed by atoms with Gasteiger partial charge in [0, 0.05) is 56.3 Å². The van der Waals surface area contributed by atoms with Crippen LogP contribution < -0.4 is 21.3 Å². The van der Waals surface area contributed by atoms with Crippen molar-refractivity contribution in [2.75, 3.05) is 16.0 Å². The highest BCUT2D eigenvalue weighted by atomic mass is 31.0. The summed E-state index contributed by atoms with van der Waals surface area (Å²) in [5.74, 6) is 0. The average Bonchev–Trinajstić information content (AvgIpc) is 3.50. The molecule has 0 aliphatic heterocycles. The number of nitrogens with two attached hydrogens (primary N) is 1. The van der Waals surface area contributed by atoms with E-state index in [4.69, 9.17) is 5.73 Å². The van der Waals surface area contributed by atoms with Crippen molar-refractivity contribution in [3.05, 3.63) is 160 Å². The fraction of sp³-hybridized carbons (Fsp3) is 0.259. The fourth-order valence-electron chi connectivity index (χ4n) is 9.37. The van der Waals surface area contributed by atoms with Crippen LogP contribution in [0, 0.1) is 27.7 Å². The zero-order chi connectivity index (χ0) is 42.0. The van der Waals surface area contributed by atoms with Gasteiger partial charge in [0.05, 0.1) is 11.2 Å². The number of nitrogen functional groups attached to an aromatic ring is 1. The number of hydrogen-bond donors (Lipinski definition) is 2. The molecule has 0 saturated heterocycles. The van der Waals surface area contributed by atoms with Crippen LogP contribution in [0.2, 0.25) is 0 Å². The van der Waals surface area contributed by atoms with Crippen LogP contribution in [-0.2, 0) is 17.3 Å². The number of aryl methyl sites for hydroxylation is 3. The molecule has 5 heteroatoms. The van der Waals surface area contributed by atoms with Gasteiger partial charge in [0.25, 0.3) is 0 Å². The van der Waals surface area contributed by atoms with E-state index in [9.17, 15) is 0 Å². The Kier molecular flexibility index (Phi) is 10.4. The SMILES string of the molecule is Cc1cc(C)c(C(C)(C)C)cc1N(c1cccc(N)c1)c1cc(-n2c3c(c4ccccc42)C=CCC3)cc(-c2cc(C)c(C(C)(C)C)cc2Nc2cccc(P)c2)c1C. The molecule has 1 atom stereocenters. The van der Waals surface area contributed by atoms with Crippen LogP contribution in [-0.4, -0.2) is 4.57 Å². The van der Waals surface area contributed by atoms with E-state index in [-0.39, 0.29) is 10.8 Å². The van der Waals surface area contributed by atoms with Gasteiger partial charge in [0.15, 0.2) is 0 Å². The van der Waals surface area contributed by atoms with Gasteiger partial charge in [-0.05, 0) is 162 Å². The number of hydrogen-bond acceptors (Lipinski definition) is 3. The molecule has 0 bridgehead atoms. The first-order valence-electron chi connectivity index (χ1n) is 21.0. The second kappa shape index (κ2) is 15.2. The molecule has 1 aliphatic rings. The summed E-state index contributed by atoms with van der Waals surface area (Å²) in [5, 5.41) is 6.33. The second-order valence-corrected chi connectivity index (χ2v) is 19.3. The Morgan fingerprint density at radius 2 is 1.39 bits per heavy atom. The van der Waals surface area contributed by atoms with E-state index in [1.807, 2.05) is 6.07 Å². The maximum absolute atomic E-state index is 6.64. The molecule has 59 heavy (non-hydrogen) atoms. The van der Waals surface area contributed by atoms with E-state index in [2.05, 4.69) is 209 Å². The Morgan fingerprint density at radius 3 is 2.12 bits per heavy atom. The smallest absolute Gasteiger partial charge is 0.0537 e.